The van der Waals surface area contributed by atoms with Crippen LogP contribution in [0.2, 0.25) is 0 Å². The van der Waals surface area contributed by atoms with Gasteiger partial charge in [0.15, 0.2) is 0 Å². The van der Waals surface area contributed by atoms with E-state index in [0.717, 1.165) is 28.1 Å². The summed E-state index contributed by atoms with van der Waals surface area (Å²) in [5, 5.41) is 4.31. The molecule has 2 aromatic carbocycles. The molecule has 0 aliphatic rings. The molecule has 2 heterocycles. The first kappa shape index (κ1) is 18.2. The van der Waals surface area contributed by atoms with Crippen LogP contribution in [0.1, 0.15) is 29.8 Å². The van der Waals surface area contributed by atoms with Crippen molar-refractivity contribution in [3.05, 3.63) is 96.2 Å². The second-order valence-corrected chi connectivity index (χ2v) is 6.91. The van der Waals surface area contributed by atoms with Crippen molar-refractivity contribution in [1.82, 2.24) is 19.3 Å². The van der Waals surface area contributed by atoms with Crippen LogP contribution in [-0.4, -0.2) is 19.3 Å². The van der Waals surface area contributed by atoms with Gasteiger partial charge in [0.1, 0.15) is 0 Å². The summed E-state index contributed by atoms with van der Waals surface area (Å²) < 4.78 is 10.1. The lowest BCUT2D eigenvalue weighted by molar-refractivity contribution is 0.102. The molecule has 5 nitrogen and oxygen atoms in total. The van der Waals surface area contributed by atoms with Gasteiger partial charge in [-0.2, -0.15) is 5.10 Å². The third-order valence-electron chi connectivity index (χ3n) is 4.92. The zero-order valence-electron chi connectivity index (χ0n) is 16.2. The topological polar surface area (TPSA) is 44.9 Å². The molecule has 1 unspecified atom stereocenters. The summed E-state index contributed by atoms with van der Waals surface area (Å²) in [6.07, 6.45) is 5.85. The molecule has 1 atom stereocenters. The fraction of sp³-hybridized carbons (Fsp3) is 0.217. The van der Waals surface area contributed by atoms with Gasteiger partial charge < -0.3 is 9.30 Å². The second kappa shape index (κ2) is 8.23. The van der Waals surface area contributed by atoms with Crippen molar-refractivity contribution in [2.75, 3.05) is 0 Å². The Balaban J connectivity index is 1.63. The fourth-order valence-electron chi connectivity index (χ4n) is 3.36. The molecule has 0 saturated carbocycles. The summed E-state index contributed by atoms with van der Waals surface area (Å²) in [6.45, 7) is 3.22. The van der Waals surface area contributed by atoms with Crippen molar-refractivity contribution in [2.24, 2.45) is 7.05 Å². The quantitative estimate of drug-likeness (QED) is 0.476. The average Bonchev–Trinajstić information content (AvgIpc) is 3.35. The van der Waals surface area contributed by atoms with Gasteiger partial charge in [0.2, 0.25) is 0 Å². The number of benzene rings is 2. The number of hydrogen-bond acceptors (Lipinski definition) is 3. The lowest BCUT2D eigenvalue weighted by Gasteiger charge is -2.16. The highest BCUT2D eigenvalue weighted by Gasteiger charge is 2.19. The van der Waals surface area contributed by atoms with Crippen LogP contribution >= 0.6 is 0 Å². The summed E-state index contributed by atoms with van der Waals surface area (Å²) in [5.74, 6) is 0. The van der Waals surface area contributed by atoms with Crippen LogP contribution in [0.5, 0.6) is 0 Å². The van der Waals surface area contributed by atoms with E-state index in [1.54, 1.807) is 0 Å². The number of nitrogens with zero attached hydrogens (tertiary/aromatic N) is 4. The SMILES string of the molecule is CC(c1cnn(C)c1)n1cnc(-c2ccccc2)c1COCc1ccccc1. The number of aryl methyl sites for hydroxylation is 1. The maximum atomic E-state index is 6.08. The number of rotatable bonds is 7. The van der Waals surface area contributed by atoms with Gasteiger partial charge in [0.25, 0.3) is 0 Å². The van der Waals surface area contributed by atoms with Gasteiger partial charge in [-0.1, -0.05) is 60.7 Å². The van der Waals surface area contributed by atoms with E-state index < -0.39 is 0 Å². The molecule has 0 radical (unpaired) electrons. The molecule has 0 N–H and O–H groups in total. The minimum atomic E-state index is 0.119. The van der Waals surface area contributed by atoms with E-state index in [1.807, 2.05) is 66.8 Å². The lowest BCUT2D eigenvalue weighted by Crippen LogP contribution is -2.10. The summed E-state index contributed by atoms with van der Waals surface area (Å²) in [6, 6.07) is 20.6. The Hall–Kier alpha value is -3.18. The molecule has 0 bridgehead atoms. The molecule has 0 spiro atoms. The summed E-state index contributed by atoms with van der Waals surface area (Å²) in [7, 11) is 1.93. The first-order valence-electron chi connectivity index (χ1n) is 9.43. The van der Waals surface area contributed by atoms with Gasteiger partial charge in [-0.3, -0.25) is 4.68 Å². The van der Waals surface area contributed by atoms with E-state index in [2.05, 4.69) is 40.9 Å². The van der Waals surface area contributed by atoms with Crippen LogP contribution in [0, 0.1) is 0 Å². The van der Waals surface area contributed by atoms with Crippen molar-refractivity contribution < 1.29 is 4.74 Å². The van der Waals surface area contributed by atoms with Gasteiger partial charge in [-0.05, 0) is 12.5 Å². The second-order valence-electron chi connectivity index (χ2n) is 6.91. The van der Waals surface area contributed by atoms with Crippen LogP contribution in [0.25, 0.3) is 11.3 Å². The molecular formula is C23H24N4O. The van der Waals surface area contributed by atoms with Crippen molar-refractivity contribution in [2.45, 2.75) is 26.2 Å². The Morgan fingerprint density at radius 3 is 2.36 bits per heavy atom. The largest absolute Gasteiger partial charge is 0.370 e. The molecule has 4 rings (SSSR count). The van der Waals surface area contributed by atoms with Crippen LogP contribution in [-0.2, 0) is 25.0 Å². The maximum absolute atomic E-state index is 6.08. The molecule has 4 aromatic rings. The highest BCUT2D eigenvalue weighted by atomic mass is 16.5. The molecule has 0 saturated heterocycles. The third-order valence-corrected chi connectivity index (χ3v) is 4.92. The highest BCUT2D eigenvalue weighted by Crippen LogP contribution is 2.28. The summed E-state index contributed by atoms with van der Waals surface area (Å²) >= 11 is 0. The van der Waals surface area contributed by atoms with E-state index in [4.69, 9.17) is 9.72 Å². The van der Waals surface area contributed by atoms with Crippen LogP contribution in [0.4, 0.5) is 0 Å². The van der Waals surface area contributed by atoms with E-state index in [1.165, 1.54) is 0 Å². The Labute approximate surface area is 165 Å². The normalized spacial score (nSPS) is 12.2. The van der Waals surface area contributed by atoms with Crippen molar-refractivity contribution in [1.29, 1.82) is 0 Å². The molecule has 28 heavy (non-hydrogen) atoms. The van der Waals surface area contributed by atoms with E-state index in [9.17, 15) is 0 Å². The average molecular weight is 372 g/mol. The van der Waals surface area contributed by atoms with E-state index in [-0.39, 0.29) is 6.04 Å². The predicted molar refractivity (Wildman–Crippen MR) is 110 cm³/mol. The van der Waals surface area contributed by atoms with Crippen molar-refractivity contribution in [3.8, 4) is 11.3 Å². The maximum Gasteiger partial charge on any atom is 0.0962 e. The third kappa shape index (κ3) is 3.89. The van der Waals surface area contributed by atoms with Crippen molar-refractivity contribution >= 4 is 0 Å². The fourth-order valence-corrected chi connectivity index (χ4v) is 3.36. The molecule has 142 valence electrons. The van der Waals surface area contributed by atoms with Gasteiger partial charge in [0, 0.05) is 24.4 Å². The summed E-state index contributed by atoms with van der Waals surface area (Å²) in [4.78, 5) is 4.72. The molecule has 0 fully saturated rings. The highest BCUT2D eigenvalue weighted by molar-refractivity contribution is 5.61. The number of ether oxygens (including phenoxy) is 1. The molecule has 2 aromatic heterocycles. The first-order chi connectivity index (χ1) is 13.7. The monoisotopic (exact) mass is 372 g/mol. The Morgan fingerprint density at radius 2 is 1.68 bits per heavy atom. The molecular weight excluding hydrogens is 348 g/mol. The molecule has 0 amide bonds. The zero-order chi connectivity index (χ0) is 19.3. The first-order valence-corrected chi connectivity index (χ1v) is 9.43. The molecule has 0 aliphatic carbocycles. The Bertz CT molecular complexity index is 1020. The molecule has 5 heteroatoms. The minimum absolute atomic E-state index is 0.119. The van der Waals surface area contributed by atoms with Crippen molar-refractivity contribution in [3.63, 3.8) is 0 Å². The van der Waals surface area contributed by atoms with E-state index in [0.29, 0.717) is 13.2 Å². The molecule has 0 aliphatic heterocycles. The standard InChI is InChI=1S/C23H24N4O/c1-18(21-13-25-26(2)14-21)27-17-24-23(20-11-7-4-8-12-20)22(27)16-28-15-19-9-5-3-6-10-19/h3-14,17-18H,15-16H2,1-2H3. The minimum Gasteiger partial charge on any atom is -0.370 e. The van der Waals surface area contributed by atoms with Crippen LogP contribution < -0.4 is 0 Å². The van der Waals surface area contributed by atoms with Crippen LogP contribution in [0.15, 0.2) is 79.4 Å². The smallest absolute Gasteiger partial charge is 0.0962 e. The Morgan fingerprint density at radius 1 is 0.964 bits per heavy atom. The van der Waals surface area contributed by atoms with E-state index >= 15 is 0 Å². The number of aromatic nitrogens is 4. The summed E-state index contributed by atoms with van der Waals surface area (Å²) in [5.41, 5.74) is 5.43. The van der Waals surface area contributed by atoms with Gasteiger partial charge in [-0.15, -0.1) is 0 Å². The number of hydrogen-bond donors (Lipinski definition) is 0. The Kier molecular flexibility index (Phi) is 5.35. The van der Waals surface area contributed by atoms with Gasteiger partial charge in [0.05, 0.1) is 43.2 Å². The zero-order valence-corrected chi connectivity index (χ0v) is 16.2. The van der Waals surface area contributed by atoms with Gasteiger partial charge >= 0.3 is 0 Å². The number of imidazole rings is 1. The van der Waals surface area contributed by atoms with Gasteiger partial charge in [-0.25, -0.2) is 4.98 Å². The van der Waals surface area contributed by atoms with Crippen LogP contribution in [0.3, 0.4) is 0 Å². The predicted octanol–water partition coefficient (Wildman–Crippen LogP) is 4.61. The lowest BCUT2D eigenvalue weighted by atomic mass is 10.1.